The van der Waals surface area contributed by atoms with Gasteiger partial charge in [-0.25, -0.2) is 0 Å². The molecule has 5 heteroatoms. The first-order valence-corrected chi connectivity index (χ1v) is 9.29. The smallest absolute Gasteiger partial charge is 0.279 e. The number of rotatable bonds is 7. The van der Waals surface area contributed by atoms with Gasteiger partial charge in [0.1, 0.15) is 13.1 Å². The second-order valence-electron chi connectivity index (χ2n) is 5.35. The van der Waals surface area contributed by atoms with E-state index in [4.69, 9.17) is 0 Å². The van der Waals surface area contributed by atoms with Crippen LogP contribution < -0.4 is 10.2 Å². The lowest BCUT2D eigenvalue weighted by atomic mass is 10.3. The van der Waals surface area contributed by atoms with Crippen LogP contribution in [0.3, 0.4) is 0 Å². The Morgan fingerprint density at radius 1 is 0.870 bits per heavy atom. The van der Waals surface area contributed by atoms with Crippen LogP contribution in [0.4, 0.5) is 5.69 Å². The van der Waals surface area contributed by atoms with E-state index in [-0.39, 0.29) is 5.91 Å². The first-order valence-electron chi connectivity index (χ1n) is 7.53. The number of carbonyl (C=O) groups excluding carboxylic acids is 1. The second-order valence-corrected chi connectivity index (χ2v) is 7.42. The van der Waals surface area contributed by atoms with Crippen molar-refractivity contribution in [3.63, 3.8) is 0 Å². The van der Waals surface area contributed by atoms with E-state index in [9.17, 15) is 4.79 Å². The van der Waals surface area contributed by atoms with Crippen LogP contribution in [0.25, 0.3) is 0 Å². The van der Waals surface area contributed by atoms with Crippen molar-refractivity contribution >= 4 is 34.3 Å². The van der Waals surface area contributed by atoms with Gasteiger partial charge in [-0.3, -0.25) is 4.79 Å². The molecule has 3 rings (SSSR count). The monoisotopic (exact) mass is 343 g/mol. The maximum absolute atomic E-state index is 12.4. The highest BCUT2D eigenvalue weighted by Gasteiger charge is 2.17. The predicted molar refractivity (Wildman–Crippen MR) is 96.9 cm³/mol. The standard InChI is InChI=1S/C18H18N2OS2/c21-18(19-15-6-2-1-3-7-15)14-20(12-16-8-4-10-22-16)13-17-9-5-11-23-17/h1-11H,12-14H2,(H,19,21)/p+1. The number of thiophene rings is 2. The van der Waals surface area contributed by atoms with E-state index in [2.05, 4.69) is 40.3 Å². The Morgan fingerprint density at radius 3 is 2.00 bits per heavy atom. The van der Waals surface area contributed by atoms with Crippen LogP contribution in [0.15, 0.2) is 65.4 Å². The molecule has 0 saturated heterocycles. The van der Waals surface area contributed by atoms with Gasteiger partial charge >= 0.3 is 0 Å². The Labute approximate surface area is 144 Å². The normalized spacial score (nSPS) is 10.8. The van der Waals surface area contributed by atoms with Gasteiger partial charge in [0, 0.05) is 5.69 Å². The Kier molecular flexibility index (Phi) is 5.58. The average Bonchev–Trinajstić information content (AvgIpc) is 3.22. The maximum atomic E-state index is 12.4. The predicted octanol–water partition coefficient (Wildman–Crippen LogP) is 3.03. The zero-order valence-electron chi connectivity index (χ0n) is 12.7. The molecule has 1 amide bonds. The third-order valence-electron chi connectivity index (χ3n) is 3.48. The van der Waals surface area contributed by atoms with Crippen molar-refractivity contribution < 1.29 is 9.69 Å². The molecule has 118 valence electrons. The van der Waals surface area contributed by atoms with E-state index in [0.29, 0.717) is 6.54 Å². The van der Waals surface area contributed by atoms with Crippen LogP contribution in [0.5, 0.6) is 0 Å². The summed E-state index contributed by atoms with van der Waals surface area (Å²) in [6, 6.07) is 18.0. The van der Waals surface area contributed by atoms with E-state index in [0.717, 1.165) is 18.8 Å². The summed E-state index contributed by atoms with van der Waals surface area (Å²) < 4.78 is 0. The summed E-state index contributed by atoms with van der Waals surface area (Å²) in [6.07, 6.45) is 0. The molecule has 0 aliphatic carbocycles. The summed E-state index contributed by atoms with van der Waals surface area (Å²) >= 11 is 3.49. The Balaban J connectivity index is 1.63. The molecule has 23 heavy (non-hydrogen) atoms. The molecule has 0 radical (unpaired) electrons. The number of hydrogen-bond donors (Lipinski definition) is 2. The van der Waals surface area contributed by atoms with Gasteiger partial charge in [-0.05, 0) is 35.0 Å². The number of benzene rings is 1. The van der Waals surface area contributed by atoms with Crippen molar-refractivity contribution in [3.8, 4) is 0 Å². The van der Waals surface area contributed by atoms with Gasteiger partial charge in [0.2, 0.25) is 0 Å². The molecule has 0 unspecified atom stereocenters. The van der Waals surface area contributed by atoms with Crippen LogP contribution in [-0.4, -0.2) is 12.5 Å². The Morgan fingerprint density at radius 2 is 1.48 bits per heavy atom. The lowest BCUT2D eigenvalue weighted by molar-refractivity contribution is -0.918. The first kappa shape index (κ1) is 15.9. The zero-order valence-corrected chi connectivity index (χ0v) is 14.3. The van der Waals surface area contributed by atoms with Crippen molar-refractivity contribution in [1.82, 2.24) is 0 Å². The van der Waals surface area contributed by atoms with E-state index >= 15 is 0 Å². The Hall–Kier alpha value is -1.95. The van der Waals surface area contributed by atoms with E-state index < -0.39 is 0 Å². The zero-order chi connectivity index (χ0) is 15.9. The molecule has 3 nitrogen and oxygen atoms in total. The first-order chi connectivity index (χ1) is 11.3. The second kappa shape index (κ2) is 8.06. The van der Waals surface area contributed by atoms with Crippen LogP contribution in [0.2, 0.25) is 0 Å². The minimum atomic E-state index is 0.0549. The van der Waals surface area contributed by atoms with E-state index in [1.165, 1.54) is 14.7 Å². The summed E-state index contributed by atoms with van der Waals surface area (Å²) in [6.45, 7) is 2.21. The van der Waals surface area contributed by atoms with E-state index in [1.807, 2.05) is 30.3 Å². The molecule has 2 heterocycles. The van der Waals surface area contributed by atoms with E-state index in [1.54, 1.807) is 22.7 Å². The quantitative estimate of drug-likeness (QED) is 0.679. The van der Waals surface area contributed by atoms with Gasteiger partial charge in [0.05, 0.1) is 9.75 Å². The van der Waals surface area contributed by atoms with Crippen molar-refractivity contribution in [2.75, 3.05) is 11.9 Å². The number of para-hydroxylation sites is 1. The summed E-state index contributed by atoms with van der Waals surface area (Å²) in [5.41, 5.74) is 0.851. The summed E-state index contributed by atoms with van der Waals surface area (Å²) in [4.78, 5) is 16.2. The number of carbonyl (C=O) groups is 1. The highest BCUT2D eigenvalue weighted by molar-refractivity contribution is 7.10. The van der Waals surface area contributed by atoms with Crippen LogP contribution in [-0.2, 0) is 17.9 Å². The Bertz CT molecular complexity index is 673. The molecule has 2 N–H and O–H groups in total. The number of anilines is 1. The third-order valence-corrected chi connectivity index (χ3v) is 5.23. The van der Waals surface area contributed by atoms with Crippen molar-refractivity contribution in [2.45, 2.75) is 13.1 Å². The van der Waals surface area contributed by atoms with Crippen LogP contribution in [0.1, 0.15) is 9.75 Å². The molecular weight excluding hydrogens is 324 g/mol. The van der Waals surface area contributed by atoms with Gasteiger partial charge in [-0.1, -0.05) is 30.3 Å². The molecule has 0 spiro atoms. The highest BCUT2D eigenvalue weighted by atomic mass is 32.1. The summed E-state index contributed by atoms with van der Waals surface area (Å²) in [5.74, 6) is 0.0549. The molecular formula is C18H19N2OS2+. The fourth-order valence-electron chi connectivity index (χ4n) is 2.46. The lowest BCUT2D eigenvalue weighted by Gasteiger charge is -2.18. The molecule has 0 atom stereocenters. The van der Waals surface area contributed by atoms with Gasteiger partial charge in [0.25, 0.3) is 5.91 Å². The highest BCUT2D eigenvalue weighted by Crippen LogP contribution is 2.09. The minimum Gasteiger partial charge on any atom is -0.321 e. The molecule has 0 bridgehead atoms. The van der Waals surface area contributed by atoms with Gasteiger partial charge < -0.3 is 10.2 Å². The number of hydrogen-bond acceptors (Lipinski definition) is 3. The average molecular weight is 343 g/mol. The fraction of sp³-hybridized carbons (Fsp3) is 0.167. The summed E-state index contributed by atoms with van der Waals surface area (Å²) in [5, 5.41) is 7.15. The van der Waals surface area contributed by atoms with Gasteiger partial charge in [-0.2, -0.15) is 0 Å². The number of quaternary nitrogens is 1. The molecule has 0 saturated carbocycles. The van der Waals surface area contributed by atoms with Crippen molar-refractivity contribution in [3.05, 3.63) is 75.1 Å². The molecule has 0 aliphatic rings. The maximum Gasteiger partial charge on any atom is 0.279 e. The molecule has 0 aliphatic heterocycles. The molecule has 3 aromatic rings. The minimum absolute atomic E-state index is 0.0549. The van der Waals surface area contributed by atoms with Crippen LogP contribution in [0, 0.1) is 0 Å². The fourth-order valence-corrected chi connectivity index (χ4v) is 4.01. The number of nitrogens with one attached hydrogen (secondary N) is 2. The van der Waals surface area contributed by atoms with Crippen molar-refractivity contribution in [1.29, 1.82) is 0 Å². The molecule has 1 aromatic carbocycles. The van der Waals surface area contributed by atoms with Gasteiger partial charge in [0.15, 0.2) is 6.54 Å². The number of amides is 1. The van der Waals surface area contributed by atoms with Gasteiger partial charge in [-0.15, -0.1) is 22.7 Å². The lowest BCUT2D eigenvalue weighted by Crippen LogP contribution is -3.10. The third kappa shape index (κ3) is 5.03. The largest absolute Gasteiger partial charge is 0.321 e. The molecule has 2 aromatic heterocycles. The SMILES string of the molecule is O=C(C[NH+](Cc1cccs1)Cc1cccs1)Nc1ccccc1. The summed E-state index contributed by atoms with van der Waals surface area (Å²) in [7, 11) is 0. The molecule has 0 fully saturated rings. The van der Waals surface area contributed by atoms with Crippen LogP contribution >= 0.6 is 22.7 Å². The topological polar surface area (TPSA) is 33.5 Å². The van der Waals surface area contributed by atoms with Crippen molar-refractivity contribution in [2.24, 2.45) is 0 Å².